The molecule has 2 heteroatoms. The van der Waals surface area contributed by atoms with Crippen LogP contribution in [0.3, 0.4) is 0 Å². The smallest absolute Gasteiger partial charge is 0.219 e. The van der Waals surface area contributed by atoms with Crippen molar-refractivity contribution in [1.29, 1.82) is 0 Å². The van der Waals surface area contributed by atoms with Crippen molar-refractivity contribution in [3.05, 3.63) is 35.9 Å². The first-order chi connectivity index (χ1) is 7.74. The summed E-state index contributed by atoms with van der Waals surface area (Å²) >= 11 is 0. The second-order valence-corrected chi connectivity index (χ2v) is 4.20. The first kappa shape index (κ1) is 12.8. The minimum absolute atomic E-state index is 0.169. The zero-order valence-corrected chi connectivity index (χ0v) is 10.2. The Morgan fingerprint density at radius 3 is 2.62 bits per heavy atom. The van der Waals surface area contributed by atoms with Crippen LogP contribution in [0.2, 0.25) is 0 Å². The molecule has 0 radical (unpaired) electrons. The second-order valence-electron chi connectivity index (χ2n) is 4.20. The fourth-order valence-electron chi connectivity index (χ4n) is 1.69. The van der Waals surface area contributed by atoms with Crippen LogP contribution in [-0.4, -0.2) is 12.5 Å². The van der Waals surface area contributed by atoms with Crippen molar-refractivity contribution in [2.24, 2.45) is 0 Å². The molecule has 1 unspecified atom stereocenters. The van der Waals surface area contributed by atoms with Gasteiger partial charge in [0.05, 0.1) is 0 Å². The molecule has 0 fully saturated rings. The summed E-state index contributed by atoms with van der Waals surface area (Å²) in [5.74, 6) is 0.672. The third-order valence-electron chi connectivity index (χ3n) is 2.75. The highest BCUT2D eigenvalue weighted by molar-refractivity contribution is 5.75. The molecule has 2 nitrogen and oxygen atoms in total. The van der Waals surface area contributed by atoms with E-state index in [-0.39, 0.29) is 5.91 Å². The highest BCUT2D eigenvalue weighted by Gasteiger charge is 2.05. The maximum Gasteiger partial charge on any atom is 0.219 e. The van der Waals surface area contributed by atoms with Crippen LogP contribution in [0.4, 0.5) is 0 Å². The number of nitrogens with one attached hydrogen (secondary N) is 1. The molecule has 0 spiro atoms. The van der Waals surface area contributed by atoms with Crippen LogP contribution < -0.4 is 5.32 Å². The molecular weight excluding hydrogens is 198 g/mol. The monoisotopic (exact) mass is 219 g/mol. The van der Waals surface area contributed by atoms with Gasteiger partial charge in [0.1, 0.15) is 0 Å². The minimum Gasteiger partial charge on any atom is -0.356 e. The van der Waals surface area contributed by atoms with Gasteiger partial charge in [-0.05, 0) is 24.3 Å². The van der Waals surface area contributed by atoms with Gasteiger partial charge in [-0.3, -0.25) is 4.79 Å². The molecule has 0 aliphatic carbocycles. The van der Waals surface area contributed by atoms with Crippen LogP contribution in [0, 0.1) is 0 Å². The van der Waals surface area contributed by atoms with Crippen molar-refractivity contribution in [3.8, 4) is 0 Å². The molecule has 16 heavy (non-hydrogen) atoms. The molecule has 1 rings (SSSR count). The molecule has 0 aromatic heterocycles. The zero-order valence-electron chi connectivity index (χ0n) is 10.2. The zero-order chi connectivity index (χ0) is 11.8. The summed E-state index contributed by atoms with van der Waals surface area (Å²) in [5, 5.41) is 2.95. The van der Waals surface area contributed by atoms with Crippen LogP contribution in [-0.2, 0) is 4.79 Å². The molecular formula is C14H21NO. The van der Waals surface area contributed by atoms with E-state index in [1.165, 1.54) is 5.56 Å². The summed E-state index contributed by atoms with van der Waals surface area (Å²) in [5.41, 5.74) is 1.34. The number of hydrogen-bond acceptors (Lipinski definition) is 1. The van der Waals surface area contributed by atoms with Crippen LogP contribution in [0.5, 0.6) is 0 Å². The Hall–Kier alpha value is -1.31. The lowest BCUT2D eigenvalue weighted by Gasteiger charge is -2.12. The van der Waals surface area contributed by atoms with Gasteiger partial charge >= 0.3 is 0 Å². The summed E-state index contributed by atoms with van der Waals surface area (Å²) in [6, 6.07) is 10.4. The van der Waals surface area contributed by atoms with Crippen molar-refractivity contribution in [2.45, 2.75) is 39.0 Å². The first-order valence-electron chi connectivity index (χ1n) is 6.05. The Balaban J connectivity index is 2.26. The molecule has 1 aromatic carbocycles. The van der Waals surface area contributed by atoms with E-state index in [2.05, 4.69) is 36.5 Å². The van der Waals surface area contributed by atoms with Gasteiger partial charge in [-0.1, -0.05) is 44.2 Å². The van der Waals surface area contributed by atoms with Gasteiger partial charge in [-0.2, -0.15) is 0 Å². The molecule has 1 N–H and O–H groups in total. The number of benzene rings is 1. The average Bonchev–Trinajstić information content (AvgIpc) is 2.30. The fraction of sp³-hybridized carbons (Fsp3) is 0.500. The topological polar surface area (TPSA) is 29.1 Å². The maximum absolute atomic E-state index is 11.2. The maximum atomic E-state index is 11.2. The molecule has 0 heterocycles. The van der Waals surface area contributed by atoms with Gasteiger partial charge in [0.15, 0.2) is 0 Å². The predicted octanol–water partition coefficient (Wildman–Crippen LogP) is 3.10. The quantitative estimate of drug-likeness (QED) is 0.782. The van der Waals surface area contributed by atoms with Gasteiger partial charge in [0.25, 0.3) is 0 Å². The van der Waals surface area contributed by atoms with Crippen LogP contribution >= 0.6 is 0 Å². The van der Waals surface area contributed by atoms with Crippen molar-refractivity contribution in [3.63, 3.8) is 0 Å². The average molecular weight is 219 g/mol. The molecule has 1 aromatic rings. The SMILES string of the molecule is CCCC(=O)NCCC(C)c1ccccc1. The van der Waals surface area contributed by atoms with E-state index < -0.39 is 0 Å². The Morgan fingerprint density at radius 2 is 2.00 bits per heavy atom. The lowest BCUT2D eigenvalue weighted by Crippen LogP contribution is -2.24. The first-order valence-corrected chi connectivity index (χ1v) is 6.05. The summed E-state index contributed by atoms with van der Waals surface area (Å²) in [7, 11) is 0. The molecule has 0 bridgehead atoms. The lowest BCUT2D eigenvalue weighted by molar-refractivity contribution is -0.121. The highest BCUT2D eigenvalue weighted by atomic mass is 16.1. The Labute approximate surface area is 98.1 Å². The molecule has 0 aliphatic heterocycles. The number of amides is 1. The molecule has 0 saturated carbocycles. The lowest BCUT2D eigenvalue weighted by atomic mass is 9.98. The van der Waals surface area contributed by atoms with Crippen LogP contribution in [0.1, 0.15) is 44.6 Å². The van der Waals surface area contributed by atoms with Crippen LogP contribution in [0.25, 0.3) is 0 Å². The standard InChI is InChI=1S/C14H21NO/c1-3-7-14(16)15-11-10-12(2)13-8-5-4-6-9-13/h4-6,8-9,12H,3,7,10-11H2,1-2H3,(H,15,16). The van der Waals surface area contributed by atoms with E-state index in [4.69, 9.17) is 0 Å². The third-order valence-corrected chi connectivity index (χ3v) is 2.75. The number of carbonyl (C=O) groups excluding carboxylic acids is 1. The predicted molar refractivity (Wildman–Crippen MR) is 67.4 cm³/mol. The van der Waals surface area contributed by atoms with Gasteiger partial charge in [0.2, 0.25) is 5.91 Å². The van der Waals surface area contributed by atoms with E-state index in [1.54, 1.807) is 0 Å². The highest BCUT2D eigenvalue weighted by Crippen LogP contribution is 2.17. The van der Waals surface area contributed by atoms with E-state index in [0.29, 0.717) is 12.3 Å². The van der Waals surface area contributed by atoms with Gasteiger partial charge in [-0.25, -0.2) is 0 Å². The number of rotatable bonds is 6. The second kappa shape index (κ2) is 7.04. The van der Waals surface area contributed by atoms with Crippen LogP contribution in [0.15, 0.2) is 30.3 Å². The van der Waals surface area contributed by atoms with Gasteiger partial charge in [0, 0.05) is 13.0 Å². The van der Waals surface area contributed by atoms with Crippen molar-refractivity contribution in [2.75, 3.05) is 6.54 Å². The van der Waals surface area contributed by atoms with Crippen molar-refractivity contribution < 1.29 is 4.79 Å². The third kappa shape index (κ3) is 4.47. The van der Waals surface area contributed by atoms with E-state index in [9.17, 15) is 4.79 Å². The van der Waals surface area contributed by atoms with E-state index >= 15 is 0 Å². The summed E-state index contributed by atoms with van der Waals surface area (Å²) in [6.45, 7) is 4.99. The molecule has 1 atom stereocenters. The number of carbonyl (C=O) groups is 1. The molecule has 0 aliphatic rings. The Morgan fingerprint density at radius 1 is 1.31 bits per heavy atom. The molecule has 0 saturated heterocycles. The van der Waals surface area contributed by atoms with E-state index in [1.807, 2.05) is 13.0 Å². The normalized spacial score (nSPS) is 12.1. The van der Waals surface area contributed by atoms with Gasteiger partial charge < -0.3 is 5.32 Å². The van der Waals surface area contributed by atoms with Gasteiger partial charge in [-0.15, -0.1) is 0 Å². The van der Waals surface area contributed by atoms with Crippen molar-refractivity contribution >= 4 is 5.91 Å². The van der Waals surface area contributed by atoms with E-state index in [0.717, 1.165) is 19.4 Å². The summed E-state index contributed by atoms with van der Waals surface area (Å²) in [4.78, 5) is 11.2. The Kier molecular flexibility index (Phi) is 5.62. The largest absolute Gasteiger partial charge is 0.356 e. The summed E-state index contributed by atoms with van der Waals surface area (Å²) in [6.07, 6.45) is 2.55. The fourth-order valence-corrected chi connectivity index (χ4v) is 1.69. The molecule has 1 amide bonds. The van der Waals surface area contributed by atoms with Crippen molar-refractivity contribution in [1.82, 2.24) is 5.32 Å². The Bertz CT molecular complexity index is 308. The number of hydrogen-bond donors (Lipinski definition) is 1. The molecule has 88 valence electrons. The minimum atomic E-state index is 0.169. The summed E-state index contributed by atoms with van der Waals surface area (Å²) < 4.78 is 0.